The Bertz CT molecular complexity index is 539. The summed E-state index contributed by atoms with van der Waals surface area (Å²) < 4.78 is 0. The minimum Gasteiger partial charge on any atom is -0.392 e. The molecule has 0 amide bonds. The molecule has 17 heavy (non-hydrogen) atoms. The molecule has 1 unspecified atom stereocenters. The van der Waals surface area contributed by atoms with E-state index in [0.29, 0.717) is 12.0 Å². The molecule has 2 rings (SSSR count). The summed E-state index contributed by atoms with van der Waals surface area (Å²) in [4.78, 5) is 7.81. The van der Waals surface area contributed by atoms with Gasteiger partial charge in [0, 0.05) is 16.9 Å². The average molecular weight is 227 g/mol. The molecule has 84 valence electrons. The van der Waals surface area contributed by atoms with Crippen LogP contribution in [-0.2, 0) is 4.84 Å². The molecule has 0 fully saturated rings. The summed E-state index contributed by atoms with van der Waals surface area (Å²) in [5.41, 5.74) is 10.4. The fraction of sp³-hybridized carbons (Fsp3) is 0.273. The molecule has 0 saturated heterocycles. The van der Waals surface area contributed by atoms with Gasteiger partial charge in [0.1, 0.15) is 6.10 Å². The van der Waals surface area contributed by atoms with Crippen LogP contribution in [0.15, 0.2) is 34.5 Å². The zero-order chi connectivity index (χ0) is 12.1. The topological polar surface area (TPSA) is 94.1 Å². The van der Waals surface area contributed by atoms with Gasteiger partial charge in [-0.3, -0.25) is 0 Å². The van der Waals surface area contributed by atoms with Gasteiger partial charge in [-0.1, -0.05) is 22.4 Å². The van der Waals surface area contributed by atoms with Crippen molar-refractivity contribution in [2.45, 2.75) is 12.5 Å². The van der Waals surface area contributed by atoms with Crippen molar-refractivity contribution in [3.63, 3.8) is 0 Å². The van der Waals surface area contributed by atoms with Gasteiger partial charge in [0.05, 0.1) is 23.9 Å². The SMILES string of the molecule is N#Cc1cccc(C2=NOC(CN=[N+]=[N-])C2)c1. The van der Waals surface area contributed by atoms with E-state index >= 15 is 0 Å². The monoisotopic (exact) mass is 227 g/mol. The zero-order valence-corrected chi connectivity index (χ0v) is 8.95. The van der Waals surface area contributed by atoms with Crippen LogP contribution in [-0.4, -0.2) is 18.4 Å². The van der Waals surface area contributed by atoms with Crippen molar-refractivity contribution >= 4 is 5.71 Å². The van der Waals surface area contributed by atoms with Gasteiger partial charge in [0.2, 0.25) is 0 Å². The molecule has 1 aliphatic rings. The van der Waals surface area contributed by atoms with E-state index in [0.717, 1.165) is 11.3 Å². The zero-order valence-electron chi connectivity index (χ0n) is 8.95. The van der Waals surface area contributed by atoms with E-state index < -0.39 is 0 Å². The Labute approximate surface area is 97.7 Å². The highest BCUT2D eigenvalue weighted by Crippen LogP contribution is 2.17. The Kier molecular flexibility index (Phi) is 3.24. The molecule has 0 radical (unpaired) electrons. The predicted molar refractivity (Wildman–Crippen MR) is 61.2 cm³/mol. The van der Waals surface area contributed by atoms with E-state index in [1.165, 1.54) is 0 Å². The average Bonchev–Trinajstić information content (AvgIpc) is 2.85. The van der Waals surface area contributed by atoms with Crippen molar-refractivity contribution in [1.29, 1.82) is 5.26 Å². The number of rotatable bonds is 3. The molecule has 0 saturated carbocycles. The first kappa shape index (κ1) is 11.0. The molecule has 0 bridgehead atoms. The molecule has 0 aromatic heterocycles. The van der Waals surface area contributed by atoms with Crippen LogP contribution < -0.4 is 0 Å². The summed E-state index contributed by atoms with van der Waals surface area (Å²) in [6, 6.07) is 9.25. The molecule has 0 aliphatic carbocycles. The van der Waals surface area contributed by atoms with E-state index in [-0.39, 0.29) is 12.6 Å². The smallest absolute Gasteiger partial charge is 0.138 e. The lowest BCUT2D eigenvalue weighted by molar-refractivity contribution is 0.0919. The lowest BCUT2D eigenvalue weighted by Gasteiger charge is -2.02. The molecule has 1 aliphatic heterocycles. The van der Waals surface area contributed by atoms with Crippen LogP contribution in [0.4, 0.5) is 0 Å². The molecular formula is C11H9N5O. The third kappa shape index (κ3) is 2.54. The van der Waals surface area contributed by atoms with E-state index in [2.05, 4.69) is 21.3 Å². The van der Waals surface area contributed by atoms with Crippen LogP contribution in [0.5, 0.6) is 0 Å². The Morgan fingerprint density at radius 1 is 1.65 bits per heavy atom. The van der Waals surface area contributed by atoms with Gasteiger partial charge < -0.3 is 4.84 Å². The standard InChI is InChI=1S/C11H9N5O/c12-6-8-2-1-3-9(4-8)11-5-10(17-15-11)7-14-16-13/h1-4,10H,5,7H2. The second kappa shape index (κ2) is 5.01. The van der Waals surface area contributed by atoms with E-state index in [1.807, 2.05) is 6.07 Å². The molecule has 6 heteroatoms. The van der Waals surface area contributed by atoms with Crippen molar-refractivity contribution in [2.24, 2.45) is 10.3 Å². The normalized spacial score (nSPS) is 17.6. The molecular weight excluding hydrogens is 218 g/mol. The summed E-state index contributed by atoms with van der Waals surface area (Å²) >= 11 is 0. The summed E-state index contributed by atoms with van der Waals surface area (Å²) in [5.74, 6) is 0. The Morgan fingerprint density at radius 3 is 3.29 bits per heavy atom. The number of hydrogen-bond acceptors (Lipinski definition) is 4. The quantitative estimate of drug-likeness (QED) is 0.450. The lowest BCUT2D eigenvalue weighted by Crippen LogP contribution is -2.11. The predicted octanol–water partition coefficient (Wildman–Crippen LogP) is 2.36. The number of hydrogen-bond donors (Lipinski definition) is 0. The molecule has 1 heterocycles. The summed E-state index contributed by atoms with van der Waals surface area (Å²) in [6.07, 6.45) is 0.389. The molecule has 6 nitrogen and oxygen atoms in total. The van der Waals surface area contributed by atoms with Crippen LogP contribution in [0.1, 0.15) is 17.5 Å². The maximum Gasteiger partial charge on any atom is 0.138 e. The molecule has 1 atom stereocenters. The number of nitriles is 1. The first-order valence-electron chi connectivity index (χ1n) is 5.07. The molecule has 0 N–H and O–H groups in total. The van der Waals surface area contributed by atoms with Crippen molar-refractivity contribution in [3.8, 4) is 6.07 Å². The number of azide groups is 1. The molecule has 1 aromatic rings. The van der Waals surface area contributed by atoms with Gasteiger partial charge >= 0.3 is 0 Å². The fourth-order valence-corrected chi connectivity index (χ4v) is 1.59. The minimum absolute atomic E-state index is 0.202. The maximum atomic E-state index is 8.80. The Balaban J connectivity index is 2.09. The number of nitrogens with zero attached hydrogens (tertiary/aromatic N) is 5. The van der Waals surface area contributed by atoms with Gasteiger partial charge in [0.25, 0.3) is 0 Å². The number of benzene rings is 1. The van der Waals surface area contributed by atoms with Gasteiger partial charge in [-0.25, -0.2) is 0 Å². The molecule has 0 spiro atoms. The van der Waals surface area contributed by atoms with Crippen LogP contribution in [0.25, 0.3) is 10.4 Å². The van der Waals surface area contributed by atoms with Crippen molar-refractivity contribution in [1.82, 2.24) is 0 Å². The van der Waals surface area contributed by atoms with Gasteiger partial charge in [-0.05, 0) is 17.7 Å². The Hall–Kier alpha value is -2.51. The second-order valence-electron chi connectivity index (χ2n) is 3.58. The maximum absolute atomic E-state index is 8.80. The summed E-state index contributed by atoms with van der Waals surface area (Å²) in [5, 5.41) is 16.2. The molecule has 1 aromatic carbocycles. The van der Waals surface area contributed by atoms with E-state index in [9.17, 15) is 0 Å². The van der Waals surface area contributed by atoms with Crippen molar-refractivity contribution in [3.05, 3.63) is 45.8 Å². The summed E-state index contributed by atoms with van der Waals surface area (Å²) in [7, 11) is 0. The highest BCUT2D eigenvalue weighted by molar-refractivity contribution is 6.01. The fourth-order valence-electron chi connectivity index (χ4n) is 1.59. The van der Waals surface area contributed by atoms with Crippen LogP contribution in [0, 0.1) is 11.3 Å². The van der Waals surface area contributed by atoms with E-state index in [1.54, 1.807) is 18.2 Å². The minimum atomic E-state index is -0.202. The largest absolute Gasteiger partial charge is 0.392 e. The van der Waals surface area contributed by atoms with Gasteiger partial charge in [0.15, 0.2) is 0 Å². The van der Waals surface area contributed by atoms with Crippen LogP contribution >= 0.6 is 0 Å². The second-order valence-corrected chi connectivity index (χ2v) is 3.58. The first-order chi connectivity index (χ1) is 8.33. The number of oxime groups is 1. The van der Waals surface area contributed by atoms with Crippen LogP contribution in [0.3, 0.4) is 0 Å². The highest BCUT2D eigenvalue weighted by Gasteiger charge is 2.21. The lowest BCUT2D eigenvalue weighted by atomic mass is 10.0. The highest BCUT2D eigenvalue weighted by atomic mass is 16.6. The third-order valence-electron chi connectivity index (χ3n) is 2.41. The van der Waals surface area contributed by atoms with Crippen LogP contribution in [0.2, 0.25) is 0 Å². The summed E-state index contributed by atoms with van der Waals surface area (Å²) in [6.45, 7) is 0.265. The van der Waals surface area contributed by atoms with Crippen molar-refractivity contribution < 1.29 is 4.84 Å². The van der Waals surface area contributed by atoms with Crippen molar-refractivity contribution in [2.75, 3.05) is 6.54 Å². The first-order valence-corrected chi connectivity index (χ1v) is 5.07. The van der Waals surface area contributed by atoms with E-state index in [4.69, 9.17) is 15.6 Å². The third-order valence-corrected chi connectivity index (χ3v) is 2.41. The Morgan fingerprint density at radius 2 is 2.53 bits per heavy atom. The van der Waals surface area contributed by atoms with Gasteiger partial charge in [-0.2, -0.15) is 5.26 Å². The van der Waals surface area contributed by atoms with Gasteiger partial charge in [-0.15, -0.1) is 0 Å².